The summed E-state index contributed by atoms with van der Waals surface area (Å²) in [5.74, 6) is 1.10. The molecule has 6 nitrogen and oxygen atoms in total. The van der Waals surface area contributed by atoms with Crippen molar-refractivity contribution >= 4 is 34.0 Å². The fourth-order valence-corrected chi connectivity index (χ4v) is 3.18. The molecule has 0 spiro atoms. The van der Waals surface area contributed by atoms with Gasteiger partial charge in [0.2, 0.25) is 5.13 Å². The number of carbonyl (C=O) groups excluding carboxylic acids is 1. The van der Waals surface area contributed by atoms with Gasteiger partial charge in [-0.3, -0.25) is 10.1 Å². The van der Waals surface area contributed by atoms with Gasteiger partial charge in [-0.25, -0.2) is 0 Å². The minimum atomic E-state index is -0.301. The first kappa shape index (κ1) is 20.1. The Morgan fingerprint density at radius 1 is 1.04 bits per heavy atom. The second kappa shape index (κ2) is 10.1. The molecule has 0 aliphatic carbocycles. The normalized spacial score (nSPS) is 10.5. The molecule has 3 aromatic rings. The SMILES string of the molecule is CCc1ccc(OCCc2nnc(NC(=O)COc3ccc(Cl)cc3)s2)cc1. The molecule has 1 amide bonds. The molecule has 1 heterocycles. The zero-order chi connectivity index (χ0) is 19.8. The molecule has 0 bridgehead atoms. The standard InChI is InChI=1S/C20H20ClN3O3S/c1-2-14-3-7-16(8-4-14)26-12-11-19-23-24-20(28-19)22-18(25)13-27-17-9-5-15(21)6-10-17/h3-10H,2,11-13H2,1H3,(H,22,24,25). The molecule has 3 rings (SSSR count). The molecule has 1 aromatic heterocycles. The number of aromatic nitrogens is 2. The Morgan fingerprint density at radius 3 is 2.43 bits per heavy atom. The minimum Gasteiger partial charge on any atom is -0.493 e. The first-order valence-electron chi connectivity index (χ1n) is 8.84. The summed E-state index contributed by atoms with van der Waals surface area (Å²) in [5.41, 5.74) is 1.27. The van der Waals surface area contributed by atoms with E-state index in [0.29, 0.717) is 28.9 Å². The average molecular weight is 418 g/mol. The number of carbonyl (C=O) groups is 1. The average Bonchev–Trinajstić information content (AvgIpc) is 3.15. The topological polar surface area (TPSA) is 73.3 Å². The lowest BCUT2D eigenvalue weighted by Gasteiger charge is -2.05. The van der Waals surface area contributed by atoms with E-state index in [-0.39, 0.29) is 12.5 Å². The summed E-state index contributed by atoms with van der Waals surface area (Å²) in [6.45, 7) is 2.49. The van der Waals surface area contributed by atoms with Crippen LogP contribution in [0.2, 0.25) is 5.02 Å². The van der Waals surface area contributed by atoms with Gasteiger partial charge in [0.15, 0.2) is 6.61 Å². The van der Waals surface area contributed by atoms with Crippen LogP contribution in [0.1, 0.15) is 17.5 Å². The maximum absolute atomic E-state index is 12.0. The zero-order valence-corrected chi connectivity index (χ0v) is 16.9. The Bertz CT molecular complexity index is 898. The molecule has 2 aromatic carbocycles. The summed E-state index contributed by atoms with van der Waals surface area (Å²) in [6.07, 6.45) is 1.62. The molecule has 0 atom stereocenters. The van der Waals surface area contributed by atoms with Crippen molar-refractivity contribution in [2.75, 3.05) is 18.5 Å². The molecule has 0 saturated carbocycles. The van der Waals surface area contributed by atoms with Gasteiger partial charge in [0.1, 0.15) is 16.5 Å². The Labute approximate surface area is 172 Å². The van der Waals surface area contributed by atoms with Crippen LogP contribution in [0.5, 0.6) is 11.5 Å². The van der Waals surface area contributed by atoms with E-state index in [2.05, 4.69) is 34.6 Å². The van der Waals surface area contributed by atoms with Crippen LogP contribution in [0, 0.1) is 0 Å². The van der Waals surface area contributed by atoms with Crippen molar-refractivity contribution in [3.8, 4) is 11.5 Å². The second-order valence-corrected chi connectivity index (χ2v) is 7.39. The Kier molecular flexibility index (Phi) is 7.22. The lowest BCUT2D eigenvalue weighted by molar-refractivity contribution is -0.118. The lowest BCUT2D eigenvalue weighted by atomic mass is 10.2. The van der Waals surface area contributed by atoms with Gasteiger partial charge >= 0.3 is 0 Å². The van der Waals surface area contributed by atoms with E-state index in [0.717, 1.165) is 17.2 Å². The third-order valence-corrected chi connectivity index (χ3v) is 4.96. The van der Waals surface area contributed by atoms with Crippen LogP contribution in [-0.2, 0) is 17.6 Å². The summed E-state index contributed by atoms with van der Waals surface area (Å²) in [6, 6.07) is 14.8. The highest BCUT2D eigenvalue weighted by Gasteiger charge is 2.09. The molecule has 0 fully saturated rings. The number of nitrogens with one attached hydrogen (secondary N) is 1. The van der Waals surface area contributed by atoms with Gasteiger partial charge in [-0.05, 0) is 48.4 Å². The quantitative estimate of drug-likeness (QED) is 0.558. The summed E-state index contributed by atoms with van der Waals surface area (Å²) in [5, 5.41) is 12.6. The van der Waals surface area contributed by atoms with Crippen molar-refractivity contribution in [2.24, 2.45) is 0 Å². The molecule has 1 N–H and O–H groups in total. The highest BCUT2D eigenvalue weighted by Crippen LogP contribution is 2.18. The Morgan fingerprint density at radius 2 is 1.71 bits per heavy atom. The molecule has 0 radical (unpaired) electrons. The van der Waals surface area contributed by atoms with E-state index in [4.69, 9.17) is 21.1 Å². The number of hydrogen-bond donors (Lipinski definition) is 1. The van der Waals surface area contributed by atoms with Crippen LogP contribution in [0.4, 0.5) is 5.13 Å². The van der Waals surface area contributed by atoms with Crippen molar-refractivity contribution in [1.29, 1.82) is 0 Å². The smallest absolute Gasteiger partial charge is 0.264 e. The molecule has 8 heteroatoms. The Hall–Kier alpha value is -2.64. The molecule has 0 saturated heterocycles. The van der Waals surface area contributed by atoms with Crippen LogP contribution in [0.15, 0.2) is 48.5 Å². The molecule has 0 unspecified atom stereocenters. The van der Waals surface area contributed by atoms with E-state index in [9.17, 15) is 4.79 Å². The van der Waals surface area contributed by atoms with Crippen molar-refractivity contribution < 1.29 is 14.3 Å². The van der Waals surface area contributed by atoms with Gasteiger partial charge in [0.25, 0.3) is 5.91 Å². The van der Waals surface area contributed by atoms with E-state index in [1.54, 1.807) is 24.3 Å². The number of anilines is 1. The second-order valence-electron chi connectivity index (χ2n) is 5.89. The van der Waals surface area contributed by atoms with E-state index in [1.165, 1.54) is 16.9 Å². The largest absolute Gasteiger partial charge is 0.493 e. The van der Waals surface area contributed by atoms with Crippen LogP contribution < -0.4 is 14.8 Å². The third kappa shape index (κ3) is 6.21. The number of halogens is 1. The fourth-order valence-electron chi connectivity index (χ4n) is 2.32. The number of rotatable bonds is 9. The number of benzene rings is 2. The summed E-state index contributed by atoms with van der Waals surface area (Å²) in [7, 11) is 0. The number of hydrogen-bond acceptors (Lipinski definition) is 6. The number of ether oxygens (including phenoxy) is 2. The van der Waals surface area contributed by atoms with Gasteiger partial charge in [-0.1, -0.05) is 42.0 Å². The lowest BCUT2D eigenvalue weighted by Crippen LogP contribution is -2.20. The molecule has 0 aliphatic rings. The van der Waals surface area contributed by atoms with Crippen LogP contribution in [-0.4, -0.2) is 29.3 Å². The fraction of sp³-hybridized carbons (Fsp3) is 0.250. The van der Waals surface area contributed by atoms with Gasteiger partial charge in [0.05, 0.1) is 6.61 Å². The maximum atomic E-state index is 12.0. The third-order valence-electron chi connectivity index (χ3n) is 3.81. The molecule has 146 valence electrons. The van der Waals surface area contributed by atoms with Crippen molar-refractivity contribution in [1.82, 2.24) is 10.2 Å². The first-order chi connectivity index (χ1) is 13.6. The Balaban J connectivity index is 1.40. The molecular weight excluding hydrogens is 398 g/mol. The van der Waals surface area contributed by atoms with Gasteiger partial charge in [-0.2, -0.15) is 0 Å². The predicted molar refractivity (Wildman–Crippen MR) is 111 cm³/mol. The highest BCUT2D eigenvalue weighted by molar-refractivity contribution is 7.15. The summed E-state index contributed by atoms with van der Waals surface area (Å²) < 4.78 is 11.1. The van der Waals surface area contributed by atoms with Crippen molar-refractivity contribution in [3.63, 3.8) is 0 Å². The molecule has 0 aliphatic heterocycles. The van der Waals surface area contributed by atoms with E-state index >= 15 is 0 Å². The van der Waals surface area contributed by atoms with Crippen molar-refractivity contribution in [3.05, 3.63) is 64.1 Å². The monoisotopic (exact) mass is 417 g/mol. The number of amides is 1. The van der Waals surface area contributed by atoms with E-state index in [1.807, 2.05) is 12.1 Å². The maximum Gasteiger partial charge on any atom is 0.264 e. The predicted octanol–water partition coefficient (Wildman–Crippen LogP) is 4.39. The molecule has 28 heavy (non-hydrogen) atoms. The van der Waals surface area contributed by atoms with Gasteiger partial charge in [0, 0.05) is 11.4 Å². The number of nitrogens with zero attached hydrogens (tertiary/aromatic N) is 2. The zero-order valence-electron chi connectivity index (χ0n) is 15.4. The number of aryl methyl sites for hydroxylation is 1. The summed E-state index contributed by atoms with van der Waals surface area (Å²) >= 11 is 7.13. The van der Waals surface area contributed by atoms with E-state index < -0.39 is 0 Å². The van der Waals surface area contributed by atoms with Crippen LogP contribution >= 0.6 is 22.9 Å². The molecular formula is C20H20ClN3O3S. The summed E-state index contributed by atoms with van der Waals surface area (Å²) in [4.78, 5) is 12.0. The first-order valence-corrected chi connectivity index (χ1v) is 10.0. The van der Waals surface area contributed by atoms with Crippen molar-refractivity contribution in [2.45, 2.75) is 19.8 Å². The van der Waals surface area contributed by atoms with Crippen LogP contribution in [0.25, 0.3) is 0 Å². The minimum absolute atomic E-state index is 0.118. The van der Waals surface area contributed by atoms with Gasteiger partial charge < -0.3 is 9.47 Å². The van der Waals surface area contributed by atoms with Gasteiger partial charge in [-0.15, -0.1) is 10.2 Å². The van der Waals surface area contributed by atoms with Crippen LogP contribution in [0.3, 0.4) is 0 Å². The highest BCUT2D eigenvalue weighted by atomic mass is 35.5.